The van der Waals surface area contributed by atoms with Crippen molar-refractivity contribution in [2.45, 2.75) is 32.9 Å². The number of furan rings is 1. The topological polar surface area (TPSA) is 94.9 Å². The summed E-state index contributed by atoms with van der Waals surface area (Å²) in [7, 11) is 0. The van der Waals surface area contributed by atoms with Crippen LogP contribution in [-0.2, 0) is 35.5 Å². The molecule has 0 aliphatic rings. The first-order valence-electron chi connectivity index (χ1n) is 11.6. The molecule has 188 valence electrons. The van der Waals surface area contributed by atoms with Gasteiger partial charge in [-0.05, 0) is 48.9 Å². The molecule has 4 rings (SSSR count). The molecule has 0 unspecified atom stereocenters. The molecular weight excluding hydrogens is 468 g/mol. The average Bonchev–Trinajstić information content (AvgIpc) is 3.26. The third-order valence-corrected chi connectivity index (χ3v) is 5.73. The van der Waals surface area contributed by atoms with Crippen molar-refractivity contribution >= 4 is 16.9 Å². The number of carbonyl (C=O) groups is 1. The molecule has 0 saturated heterocycles. The van der Waals surface area contributed by atoms with E-state index in [1.54, 1.807) is 37.3 Å². The Kier molecular flexibility index (Phi) is 7.97. The zero-order valence-electron chi connectivity index (χ0n) is 19.9. The van der Waals surface area contributed by atoms with Gasteiger partial charge >= 0.3 is 5.97 Å². The SMILES string of the molecule is CCOC(=O)Cc1cc(F)ccc1OCc1cc(-c2cccc(CN)c2F)c2oc(CCO)cc2c1. The fourth-order valence-electron chi connectivity index (χ4n) is 4.09. The number of halogens is 2. The van der Waals surface area contributed by atoms with Crippen molar-refractivity contribution in [2.75, 3.05) is 13.2 Å². The van der Waals surface area contributed by atoms with Crippen LogP contribution in [0, 0.1) is 11.6 Å². The van der Waals surface area contributed by atoms with Crippen LogP contribution in [0.4, 0.5) is 8.78 Å². The number of fused-ring (bicyclic) bond motifs is 1. The predicted molar refractivity (Wildman–Crippen MR) is 131 cm³/mol. The van der Waals surface area contributed by atoms with E-state index in [-0.39, 0.29) is 32.8 Å². The number of esters is 1. The van der Waals surface area contributed by atoms with Crippen LogP contribution in [0.1, 0.15) is 29.4 Å². The Morgan fingerprint density at radius 2 is 1.89 bits per heavy atom. The van der Waals surface area contributed by atoms with E-state index < -0.39 is 17.6 Å². The molecule has 1 heterocycles. The van der Waals surface area contributed by atoms with E-state index in [0.717, 1.165) is 5.39 Å². The minimum absolute atomic E-state index is 0.0490. The Morgan fingerprint density at radius 1 is 1.06 bits per heavy atom. The number of benzene rings is 3. The van der Waals surface area contributed by atoms with Crippen LogP contribution in [0.5, 0.6) is 5.75 Å². The van der Waals surface area contributed by atoms with E-state index in [1.807, 2.05) is 6.07 Å². The Balaban J connectivity index is 1.71. The van der Waals surface area contributed by atoms with Crippen molar-refractivity contribution in [1.29, 1.82) is 0 Å². The number of carbonyl (C=O) groups excluding carboxylic acids is 1. The zero-order valence-corrected chi connectivity index (χ0v) is 19.9. The predicted octanol–water partition coefficient (Wildman–Crippen LogP) is 5.06. The number of hydrogen-bond acceptors (Lipinski definition) is 6. The lowest BCUT2D eigenvalue weighted by Crippen LogP contribution is -2.09. The summed E-state index contributed by atoms with van der Waals surface area (Å²) in [6.07, 6.45) is 0.187. The molecule has 36 heavy (non-hydrogen) atoms. The van der Waals surface area contributed by atoms with E-state index >= 15 is 4.39 Å². The first kappa shape index (κ1) is 25.3. The lowest BCUT2D eigenvalue weighted by atomic mass is 9.98. The molecule has 0 amide bonds. The van der Waals surface area contributed by atoms with Gasteiger partial charge in [-0.3, -0.25) is 4.79 Å². The molecule has 8 heteroatoms. The summed E-state index contributed by atoms with van der Waals surface area (Å²) >= 11 is 0. The van der Waals surface area contributed by atoms with Gasteiger partial charge in [-0.1, -0.05) is 18.2 Å². The minimum atomic E-state index is -0.490. The largest absolute Gasteiger partial charge is 0.489 e. The molecule has 0 atom stereocenters. The Morgan fingerprint density at radius 3 is 2.64 bits per heavy atom. The lowest BCUT2D eigenvalue weighted by Gasteiger charge is -2.13. The maximum Gasteiger partial charge on any atom is 0.310 e. The highest BCUT2D eigenvalue weighted by molar-refractivity contribution is 5.94. The van der Waals surface area contributed by atoms with Crippen molar-refractivity contribution in [3.63, 3.8) is 0 Å². The highest BCUT2D eigenvalue weighted by atomic mass is 19.1. The average molecular weight is 496 g/mol. The Labute approximate surface area is 207 Å². The molecular formula is C28H27F2NO5. The van der Waals surface area contributed by atoms with Crippen LogP contribution in [0.3, 0.4) is 0 Å². The van der Waals surface area contributed by atoms with Crippen molar-refractivity contribution in [3.05, 3.63) is 88.7 Å². The molecule has 0 aliphatic carbocycles. The maximum atomic E-state index is 15.2. The second kappa shape index (κ2) is 11.3. The summed E-state index contributed by atoms with van der Waals surface area (Å²) in [5.41, 5.74) is 8.49. The lowest BCUT2D eigenvalue weighted by molar-refractivity contribution is -0.142. The van der Waals surface area contributed by atoms with Crippen LogP contribution >= 0.6 is 0 Å². The molecule has 6 nitrogen and oxygen atoms in total. The number of hydrogen-bond donors (Lipinski definition) is 2. The van der Waals surface area contributed by atoms with Gasteiger partial charge in [0.15, 0.2) is 0 Å². The van der Waals surface area contributed by atoms with Crippen LogP contribution in [-0.4, -0.2) is 24.3 Å². The van der Waals surface area contributed by atoms with Gasteiger partial charge in [0.25, 0.3) is 0 Å². The summed E-state index contributed by atoms with van der Waals surface area (Å²) in [5.74, 6) is -0.500. The van der Waals surface area contributed by atoms with Crippen molar-refractivity contribution in [2.24, 2.45) is 5.73 Å². The monoisotopic (exact) mass is 495 g/mol. The van der Waals surface area contributed by atoms with Crippen LogP contribution in [0.15, 0.2) is 59.0 Å². The molecule has 0 saturated carbocycles. The second-order valence-corrected chi connectivity index (χ2v) is 8.25. The normalized spacial score (nSPS) is 11.1. The van der Waals surface area contributed by atoms with Crippen molar-refractivity contribution < 1.29 is 32.6 Å². The third kappa shape index (κ3) is 5.56. The summed E-state index contributed by atoms with van der Waals surface area (Å²) < 4.78 is 46.0. The van der Waals surface area contributed by atoms with Gasteiger partial charge in [0.05, 0.1) is 19.6 Å². The summed E-state index contributed by atoms with van der Waals surface area (Å²) in [4.78, 5) is 12.0. The fraction of sp³-hybridized carbons (Fsp3) is 0.250. The van der Waals surface area contributed by atoms with E-state index in [2.05, 4.69) is 0 Å². The summed E-state index contributed by atoms with van der Waals surface area (Å²) in [6, 6.07) is 14.4. The second-order valence-electron chi connectivity index (χ2n) is 8.25. The summed E-state index contributed by atoms with van der Waals surface area (Å²) in [6.45, 7) is 1.95. The quantitative estimate of drug-likeness (QED) is 0.299. The number of rotatable bonds is 10. The Hall–Kier alpha value is -3.75. The highest BCUT2D eigenvalue weighted by Gasteiger charge is 2.18. The standard InChI is InChI=1S/C28H27F2NO5/c1-2-34-26(33)14-19-12-21(29)6-7-25(19)35-16-17-10-20-13-22(8-9-32)36-28(20)24(11-17)23-5-3-4-18(15-31)27(23)30/h3-7,10-13,32H,2,8-9,14-16,31H2,1H3. The first-order valence-corrected chi connectivity index (χ1v) is 11.6. The Bertz CT molecular complexity index is 1380. The van der Waals surface area contributed by atoms with Gasteiger partial charge in [0.2, 0.25) is 0 Å². The van der Waals surface area contributed by atoms with E-state index in [9.17, 15) is 14.3 Å². The molecule has 4 aromatic rings. The van der Waals surface area contributed by atoms with Crippen LogP contribution < -0.4 is 10.5 Å². The van der Waals surface area contributed by atoms with Gasteiger partial charge < -0.3 is 24.7 Å². The molecule has 0 aliphatic heterocycles. The minimum Gasteiger partial charge on any atom is -0.489 e. The molecule has 0 radical (unpaired) electrons. The van der Waals surface area contributed by atoms with Gasteiger partial charge in [0.1, 0.15) is 35.3 Å². The highest BCUT2D eigenvalue weighted by Crippen LogP contribution is 2.35. The van der Waals surface area contributed by atoms with Gasteiger partial charge in [-0.2, -0.15) is 0 Å². The number of aliphatic hydroxyl groups excluding tert-OH is 1. The van der Waals surface area contributed by atoms with Gasteiger partial charge in [0, 0.05) is 40.6 Å². The third-order valence-electron chi connectivity index (χ3n) is 5.73. The van der Waals surface area contributed by atoms with E-state index in [0.29, 0.717) is 51.3 Å². The molecule has 3 aromatic carbocycles. The van der Waals surface area contributed by atoms with Gasteiger partial charge in [-0.15, -0.1) is 0 Å². The number of nitrogens with two attached hydrogens (primary N) is 1. The summed E-state index contributed by atoms with van der Waals surface area (Å²) in [5, 5.41) is 10.1. The zero-order chi connectivity index (χ0) is 25.7. The number of ether oxygens (including phenoxy) is 2. The van der Waals surface area contributed by atoms with Crippen LogP contribution in [0.25, 0.3) is 22.1 Å². The molecule has 3 N–H and O–H groups in total. The fourth-order valence-corrected chi connectivity index (χ4v) is 4.09. The van der Waals surface area contributed by atoms with Crippen molar-refractivity contribution in [3.8, 4) is 16.9 Å². The van der Waals surface area contributed by atoms with Crippen molar-refractivity contribution in [1.82, 2.24) is 0 Å². The maximum absolute atomic E-state index is 15.2. The number of aliphatic hydroxyl groups is 1. The van der Waals surface area contributed by atoms with Gasteiger partial charge in [-0.25, -0.2) is 8.78 Å². The first-order chi connectivity index (χ1) is 17.4. The molecule has 0 fully saturated rings. The van der Waals surface area contributed by atoms with E-state index in [1.165, 1.54) is 18.2 Å². The van der Waals surface area contributed by atoms with Crippen LogP contribution in [0.2, 0.25) is 0 Å². The smallest absolute Gasteiger partial charge is 0.310 e. The molecule has 0 spiro atoms. The molecule has 1 aromatic heterocycles. The van der Waals surface area contributed by atoms with E-state index in [4.69, 9.17) is 19.6 Å². The molecule has 0 bridgehead atoms.